The lowest BCUT2D eigenvalue weighted by atomic mass is 9.96. The van der Waals surface area contributed by atoms with Crippen LogP contribution in [0.15, 0.2) is 54.6 Å². The number of ketones is 1. The molecule has 1 unspecified atom stereocenters. The van der Waals surface area contributed by atoms with Crippen molar-refractivity contribution in [2.24, 2.45) is 0 Å². The summed E-state index contributed by atoms with van der Waals surface area (Å²) >= 11 is 0. The molecule has 1 atom stereocenters. The third-order valence-electron chi connectivity index (χ3n) is 3.65. The molecule has 1 N–H and O–H groups in total. The Labute approximate surface area is 128 Å². The normalized spacial score (nSPS) is 16.8. The molecule has 0 saturated carbocycles. The summed E-state index contributed by atoms with van der Waals surface area (Å²) in [6.07, 6.45) is 3.30. The monoisotopic (exact) mass is 293 g/mol. The molecule has 4 heteroatoms. The molecule has 22 heavy (non-hydrogen) atoms. The number of fused-ring (bicyclic) bond motifs is 1. The van der Waals surface area contributed by atoms with Gasteiger partial charge in [0.1, 0.15) is 0 Å². The van der Waals surface area contributed by atoms with Gasteiger partial charge in [0.15, 0.2) is 11.5 Å². The molecule has 0 radical (unpaired) electrons. The minimum atomic E-state index is -0.284. The third-order valence-corrected chi connectivity index (χ3v) is 3.65. The van der Waals surface area contributed by atoms with Crippen LogP contribution < -0.4 is 10.3 Å². The van der Waals surface area contributed by atoms with Crippen LogP contribution in [0.3, 0.4) is 0 Å². The van der Waals surface area contributed by atoms with Gasteiger partial charge in [-0.2, -0.15) is 5.48 Å². The minimum absolute atomic E-state index is 0.111. The number of amides is 1. The molecule has 1 aliphatic rings. The van der Waals surface area contributed by atoms with E-state index in [0.29, 0.717) is 11.3 Å². The summed E-state index contributed by atoms with van der Waals surface area (Å²) in [5.74, 6) is -0.0609. The highest BCUT2D eigenvalue weighted by Gasteiger charge is 2.25. The molecule has 0 spiro atoms. The minimum Gasteiger partial charge on any atom is -0.379 e. The Hall–Kier alpha value is -2.88. The number of carbonyl (C=O) groups is 2. The predicted octanol–water partition coefficient (Wildman–Crippen LogP) is 3.11. The fourth-order valence-corrected chi connectivity index (χ4v) is 2.30. The molecular weight excluding hydrogens is 278 g/mol. The summed E-state index contributed by atoms with van der Waals surface area (Å²) in [7, 11) is 0. The number of allylic oxidation sites excluding steroid dienone is 1. The van der Waals surface area contributed by atoms with Crippen molar-refractivity contribution in [1.82, 2.24) is 5.48 Å². The van der Waals surface area contributed by atoms with Crippen LogP contribution in [0, 0.1) is 0 Å². The van der Waals surface area contributed by atoms with Crippen molar-refractivity contribution in [1.29, 1.82) is 0 Å². The zero-order valence-electron chi connectivity index (χ0n) is 12.1. The van der Waals surface area contributed by atoms with E-state index in [1.165, 1.54) is 6.08 Å². The number of rotatable bonds is 3. The number of hydrogen-bond acceptors (Lipinski definition) is 3. The molecule has 2 aromatic carbocycles. The van der Waals surface area contributed by atoms with E-state index >= 15 is 0 Å². The van der Waals surface area contributed by atoms with E-state index in [1.54, 1.807) is 31.2 Å². The van der Waals surface area contributed by atoms with E-state index in [0.717, 1.165) is 11.1 Å². The Balaban J connectivity index is 1.82. The van der Waals surface area contributed by atoms with Crippen LogP contribution >= 0.6 is 0 Å². The van der Waals surface area contributed by atoms with Crippen LogP contribution in [0.1, 0.15) is 34.3 Å². The zero-order valence-corrected chi connectivity index (χ0v) is 12.1. The highest BCUT2D eigenvalue weighted by atomic mass is 16.7. The van der Waals surface area contributed by atoms with Gasteiger partial charge in [-0.15, -0.1) is 0 Å². The van der Waals surface area contributed by atoms with E-state index < -0.39 is 0 Å². The first-order valence-corrected chi connectivity index (χ1v) is 7.03. The summed E-state index contributed by atoms with van der Waals surface area (Å²) < 4.78 is 0. The van der Waals surface area contributed by atoms with Gasteiger partial charge in [0.25, 0.3) is 5.91 Å². The fourth-order valence-electron chi connectivity index (χ4n) is 2.30. The molecule has 0 bridgehead atoms. The zero-order chi connectivity index (χ0) is 15.5. The lowest BCUT2D eigenvalue weighted by molar-refractivity contribution is -0.130. The Kier molecular flexibility index (Phi) is 3.74. The molecule has 110 valence electrons. The van der Waals surface area contributed by atoms with Gasteiger partial charge in [-0.05, 0) is 24.6 Å². The molecule has 1 aliphatic heterocycles. The van der Waals surface area contributed by atoms with E-state index in [4.69, 9.17) is 4.84 Å². The molecule has 1 amide bonds. The maximum absolute atomic E-state index is 12.2. The number of benzene rings is 2. The maximum atomic E-state index is 12.2. The quantitative estimate of drug-likeness (QED) is 0.699. The molecule has 0 aromatic heterocycles. The Morgan fingerprint density at radius 3 is 2.73 bits per heavy atom. The molecule has 0 saturated heterocycles. The third kappa shape index (κ3) is 2.76. The Bertz CT molecular complexity index is 750. The highest BCUT2D eigenvalue weighted by Crippen LogP contribution is 2.30. The maximum Gasteiger partial charge on any atom is 0.259 e. The van der Waals surface area contributed by atoms with Crippen LogP contribution in [-0.2, 0) is 4.79 Å². The fraction of sp³-hybridized carbons (Fsp3) is 0.111. The van der Waals surface area contributed by atoms with Gasteiger partial charge in [0, 0.05) is 11.1 Å². The first-order chi connectivity index (χ1) is 10.6. The molecule has 0 fully saturated rings. The van der Waals surface area contributed by atoms with Crippen molar-refractivity contribution in [2.75, 3.05) is 0 Å². The van der Waals surface area contributed by atoms with Gasteiger partial charge in [-0.25, -0.2) is 0 Å². The SMILES string of the molecule is CC1C(=O)NOc2cc(C(=O)C=Cc3ccccc3)ccc21. The van der Waals surface area contributed by atoms with Crippen LogP contribution in [0.25, 0.3) is 6.08 Å². The van der Waals surface area contributed by atoms with Gasteiger partial charge >= 0.3 is 0 Å². The highest BCUT2D eigenvalue weighted by molar-refractivity contribution is 6.07. The standard InChI is InChI=1S/C18H15NO3/c1-12-15-9-8-14(11-17(15)22-19-18(12)21)16(20)10-7-13-5-3-2-4-6-13/h2-12H,1H3,(H,19,21). The largest absolute Gasteiger partial charge is 0.379 e. The molecule has 1 heterocycles. The first-order valence-electron chi connectivity index (χ1n) is 7.03. The topological polar surface area (TPSA) is 55.4 Å². The Morgan fingerprint density at radius 1 is 1.18 bits per heavy atom. The summed E-state index contributed by atoms with van der Waals surface area (Å²) in [5.41, 5.74) is 4.61. The van der Waals surface area contributed by atoms with Crippen LogP contribution in [0.2, 0.25) is 0 Å². The number of hydrogen-bond donors (Lipinski definition) is 1. The van der Waals surface area contributed by atoms with Crippen LogP contribution in [0.5, 0.6) is 5.75 Å². The van der Waals surface area contributed by atoms with Gasteiger partial charge in [-0.1, -0.05) is 48.5 Å². The van der Waals surface area contributed by atoms with E-state index in [9.17, 15) is 9.59 Å². The van der Waals surface area contributed by atoms with Crippen LogP contribution in [0.4, 0.5) is 0 Å². The summed E-state index contributed by atoms with van der Waals surface area (Å²) in [5, 5.41) is 0. The first kappa shape index (κ1) is 14.1. The van der Waals surface area contributed by atoms with Crippen LogP contribution in [-0.4, -0.2) is 11.7 Å². The molecular formula is C18H15NO3. The number of carbonyl (C=O) groups excluding carboxylic acids is 2. The van der Waals surface area contributed by atoms with Gasteiger partial charge in [-0.3, -0.25) is 9.59 Å². The van der Waals surface area contributed by atoms with Crippen molar-refractivity contribution in [2.45, 2.75) is 12.8 Å². The van der Waals surface area contributed by atoms with Crippen molar-refractivity contribution >= 4 is 17.8 Å². The predicted molar refractivity (Wildman–Crippen MR) is 83.4 cm³/mol. The second kappa shape index (κ2) is 5.85. The van der Waals surface area contributed by atoms with Gasteiger partial charge in [0.2, 0.25) is 0 Å². The van der Waals surface area contributed by atoms with Crippen molar-refractivity contribution in [3.8, 4) is 5.75 Å². The Morgan fingerprint density at radius 2 is 1.95 bits per heavy atom. The average molecular weight is 293 g/mol. The molecule has 0 aliphatic carbocycles. The number of hydroxylamine groups is 1. The summed E-state index contributed by atoms with van der Waals surface area (Å²) in [6.45, 7) is 1.80. The number of nitrogens with one attached hydrogen (secondary N) is 1. The smallest absolute Gasteiger partial charge is 0.259 e. The van der Waals surface area contributed by atoms with Crippen molar-refractivity contribution in [3.63, 3.8) is 0 Å². The molecule has 3 rings (SSSR count). The van der Waals surface area contributed by atoms with E-state index in [1.807, 2.05) is 30.3 Å². The van der Waals surface area contributed by atoms with Crippen molar-refractivity contribution < 1.29 is 14.4 Å². The molecule has 4 nitrogen and oxygen atoms in total. The van der Waals surface area contributed by atoms with Gasteiger partial charge < -0.3 is 4.84 Å². The van der Waals surface area contributed by atoms with E-state index in [2.05, 4.69) is 5.48 Å². The van der Waals surface area contributed by atoms with Crippen molar-refractivity contribution in [3.05, 3.63) is 71.3 Å². The molecule has 2 aromatic rings. The van der Waals surface area contributed by atoms with E-state index in [-0.39, 0.29) is 17.6 Å². The second-order valence-corrected chi connectivity index (χ2v) is 5.15. The summed E-state index contributed by atoms with van der Waals surface area (Å²) in [6, 6.07) is 14.8. The second-order valence-electron chi connectivity index (χ2n) is 5.15. The average Bonchev–Trinajstić information content (AvgIpc) is 2.56. The lowest BCUT2D eigenvalue weighted by Gasteiger charge is -2.22. The lowest BCUT2D eigenvalue weighted by Crippen LogP contribution is -2.35. The van der Waals surface area contributed by atoms with Gasteiger partial charge in [0.05, 0.1) is 5.92 Å². The summed E-state index contributed by atoms with van der Waals surface area (Å²) in [4.78, 5) is 28.9.